The van der Waals surface area contributed by atoms with Crippen molar-refractivity contribution in [3.8, 4) is 0 Å². The zero-order chi connectivity index (χ0) is 14.8. The van der Waals surface area contributed by atoms with E-state index in [4.69, 9.17) is 9.26 Å². The van der Waals surface area contributed by atoms with Crippen LogP contribution in [0.3, 0.4) is 0 Å². The van der Waals surface area contributed by atoms with Gasteiger partial charge in [0.25, 0.3) is 0 Å². The third-order valence-electron chi connectivity index (χ3n) is 3.75. The van der Waals surface area contributed by atoms with E-state index in [-0.39, 0.29) is 0 Å². The van der Waals surface area contributed by atoms with E-state index in [1.165, 1.54) is 10.6 Å². The van der Waals surface area contributed by atoms with Crippen LogP contribution >= 0.6 is 11.8 Å². The number of para-hydroxylation sites is 1. The molecule has 0 aliphatic carbocycles. The Morgan fingerprint density at radius 3 is 2.95 bits per heavy atom. The molecular formula is C15H19N3O2S. The molecule has 1 aliphatic rings. The number of benzene rings is 1. The van der Waals surface area contributed by atoms with E-state index < -0.39 is 0 Å². The lowest BCUT2D eigenvalue weighted by molar-refractivity contribution is 0.174. The standard InChI is InChI=1S/C15H19N3O2S/c1-10-11(2)21-13-7-5-4-6-12(13)18(10)8-15-16-14(9-19-3)17-20-15/h4-7,10-11H,8-9H2,1-3H3/t10-,11-/m1/s1. The Kier molecular flexibility index (Phi) is 4.17. The monoisotopic (exact) mass is 305 g/mol. The molecule has 0 radical (unpaired) electrons. The van der Waals surface area contributed by atoms with Gasteiger partial charge >= 0.3 is 0 Å². The number of nitrogens with zero attached hydrogens (tertiary/aromatic N) is 3. The molecule has 0 amide bonds. The third kappa shape index (κ3) is 2.91. The number of hydrogen-bond donors (Lipinski definition) is 0. The van der Waals surface area contributed by atoms with Gasteiger partial charge in [0.1, 0.15) is 6.61 Å². The van der Waals surface area contributed by atoms with Gasteiger partial charge in [-0.15, -0.1) is 11.8 Å². The molecule has 21 heavy (non-hydrogen) atoms. The molecule has 1 aromatic heterocycles. The smallest absolute Gasteiger partial charge is 0.246 e. The Bertz CT molecular complexity index is 616. The Balaban J connectivity index is 1.85. The number of fused-ring (bicyclic) bond motifs is 1. The SMILES string of the molecule is COCc1noc(CN2c3ccccc3S[C@H](C)[C@H]2C)n1. The van der Waals surface area contributed by atoms with Crippen LogP contribution in [0, 0.1) is 0 Å². The van der Waals surface area contributed by atoms with Crippen molar-refractivity contribution in [2.75, 3.05) is 12.0 Å². The van der Waals surface area contributed by atoms with Gasteiger partial charge in [0, 0.05) is 23.3 Å². The third-order valence-corrected chi connectivity index (χ3v) is 5.11. The van der Waals surface area contributed by atoms with Crippen LogP contribution in [-0.4, -0.2) is 28.5 Å². The largest absolute Gasteiger partial charge is 0.377 e. The molecule has 5 nitrogen and oxygen atoms in total. The summed E-state index contributed by atoms with van der Waals surface area (Å²) in [6.07, 6.45) is 0. The molecular weight excluding hydrogens is 286 g/mol. The lowest BCUT2D eigenvalue weighted by Crippen LogP contribution is -2.41. The minimum atomic E-state index is 0.377. The summed E-state index contributed by atoms with van der Waals surface area (Å²) in [7, 11) is 1.62. The zero-order valence-electron chi connectivity index (χ0n) is 12.4. The van der Waals surface area contributed by atoms with Crippen molar-refractivity contribution in [1.82, 2.24) is 10.1 Å². The Hall–Kier alpha value is -1.53. The summed E-state index contributed by atoms with van der Waals surface area (Å²) in [5, 5.41) is 4.44. The first-order chi connectivity index (χ1) is 10.2. The summed E-state index contributed by atoms with van der Waals surface area (Å²) in [6, 6.07) is 8.87. The highest BCUT2D eigenvalue weighted by Gasteiger charge is 2.30. The van der Waals surface area contributed by atoms with Crippen molar-refractivity contribution in [3.05, 3.63) is 36.0 Å². The minimum Gasteiger partial charge on any atom is -0.377 e. The van der Waals surface area contributed by atoms with Crippen molar-refractivity contribution in [2.24, 2.45) is 0 Å². The molecule has 0 unspecified atom stereocenters. The number of anilines is 1. The van der Waals surface area contributed by atoms with Crippen LogP contribution in [0.25, 0.3) is 0 Å². The molecule has 1 aromatic carbocycles. The highest BCUT2D eigenvalue weighted by molar-refractivity contribution is 8.00. The van der Waals surface area contributed by atoms with E-state index in [0.717, 1.165) is 0 Å². The van der Waals surface area contributed by atoms with E-state index in [9.17, 15) is 0 Å². The molecule has 0 fully saturated rings. The molecule has 1 aliphatic heterocycles. The summed E-state index contributed by atoms with van der Waals surface area (Å²) < 4.78 is 10.4. The lowest BCUT2D eigenvalue weighted by Gasteiger charge is -2.39. The zero-order valence-corrected chi connectivity index (χ0v) is 13.3. The van der Waals surface area contributed by atoms with Crippen molar-refractivity contribution >= 4 is 17.4 Å². The maximum Gasteiger partial charge on any atom is 0.246 e. The molecule has 0 N–H and O–H groups in total. The highest BCUT2D eigenvalue weighted by atomic mass is 32.2. The van der Waals surface area contributed by atoms with E-state index >= 15 is 0 Å². The van der Waals surface area contributed by atoms with Gasteiger partial charge in [-0.1, -0.05) is 24.2 Å². The quantitative estimate of drug-likeness (QED) is 0.865. The first-order valence-electron chi connectivity index (χ1n) is 7.01. The fraction of sp³-hybridized carbons (Fsp3) is 0.467. The van der Waals surface area contributed by atoms with E-state index in [1.807, 2.05) is 11.8 Å². The molecule has 112 valence electrons. The number of methoxy groups -OCH3 is 1. The number of aromatic nitrogens is 2. The topological polar surface area (TPSA) is 51.4 Å². The maximum absolute atomic E-state index is 5.33. The summed E-state index contributed by atoms with van der Waals surface area (Å²) in [6.45, 7) is 5.49. The van der Waals surface area contributed by atoms with Gasteiger partial charge in [0.2, 0.25) is 5.89 Å². The predicted molar refractivity (Wildman–Crippen MR) is 82.4 cm³/mol. The van der Waals surface area contributed by atoms with Crippen LogP contribution in [0.1, 0.15) is 25.6 Å². The van der Waals surface area contributed by atoms with Crippen molar-refractivity contribution < 1.29 is 9.26 Å². The highest BCUT2D eigenvalue weighted by Crippen LogP contribution is 2.41. The Labute approximate surface area is 128 Å². The molecule has 2 aromatic rings. The van der Waals surface area contributed by atoms with Crippen LogP contribution in [-0.2, 0) is 17.9 Å². The van der Waals surface area contributed by atoms with Crippen LogP contribution in [0.2, 0.25) is 0 Å². The van der Waals surface area contributed by atoms with Gasteiger partial charge in [-0.25, -0.2) is 0 Å². The molecule has 6 heteroatoms. The summed E-state index contributed by atoms with van der Waals surface area (Å²) in [5.74, 6) is 1.22. The fourth-order valence-corrected chi connectivity index (χ4v) is 3.69. The molecule has 2 atom stereocenters. The molecule has 3 rings (SSSR count). The van der Waals surface area contributed by atoms with Gasteiger partial charge in [-0.3, -0.25) is 0 Å². The molecule has 0 bridgehead atoms. The summed E-state index contributed by atoms with van der Waals surface area (Å²) in [5.41, 5.74) is 1.24. The van der Waals surface area contributed by atoms with Crippen LogP contribution in [0.4, 0.5) is 5.69 Å². The minimum absolute atomic E-state index is 0.377. The van der Waals surface area contributed by atoms with Crippen molar-refractivity contribution in [1.29, 1.82) is 0 Å². The van der Waals surface area contributed by atoms with E-state index in [1.54, 1.807) is 7.11 Å². The van der Waals surface area contributed by atoms with Gasteiger partial charge < -0.3 is 14.2 Å². The average Bonchev–Trinajstić information content (AvgIpc) is 2.92. The second kappa shape index (κ2) is 6.07. The van der Waals surface area contributed by atoms with Crippen LogP contribution in [0.15, 0.2) is 33.7 Å². The van der Waals surface area contributed by atoms with Gasteiger partial charge in [0.15, 0.2) is 5.82 Å². The summed E-state index contributed by atoms with van der Waals surface area (Å²) in [4.78, 5) is 8.01. The number of ether oxygens (including phenoxy) is 1. The average molecular weight is 305 g/mol. The maximum atomic E-state index is 5.33. The summed E-state index contributed by atoms with van der Waals surface area (Å²) >= 11 is 1.92. The van der Waals surface area contributed by atoms with Gasteiger partial charge in [0.05, 0.1) is 12.2 Å². The Morgan fingerprint density at radius 2 is 2.14 bits per heavy atom. The fourth-order valence-electron chi connectivity index (χ4n) is 2.48. The van der Waals surface area contributed by atoms with Crippen LogP contribution < -0.4 is 4.90 Å². The predicted octanol–water partition coefficient (Wildman–Crippen LogP) is 3.11. The lowest BCUT2D eigenvalue weighted by atomic mass is 10.1. The number of hydrogen-bond acceptors (Lipinski definition) is 6. The first-order valence-corrected chi connectivity index (χ1v) is 7.89. The van der Waals surface area contributed by atoms with Crippen molar-refractivity contribution in [2.45, 2.75) is 43.2 Å². The van der Waals surface area contributed by atoms with Gasteiger partial charge in [-0.2, -0.15) is 4.98 Å². The van der Waals surface area contributed by atoms with Crippen LogP contribution in [0.5, 0.6) is 0 Å². The normalized spacial score (nSPS) is 21.4. The molecule has 2 heterocycles. The number of thioether (sulfide) groups is 1. The molecule has 0 saturated heterocycles. The van der Waals surface area contributed by atoms with Crippen molar-refractivity contribution in [3.63, 3.8) is 0 Å². The second-order valence-electron chi connectivity index (χ2n) is 5.20. The van der Waals surface area contributed by atoms with Gasteiger partial charge in [-0.05, 0) is 19.1 Å². The van der Waals surface area contributed by atoms with E-state index in [2.05, 4.69) is 53.2 Å². The number of rotatable bonds is 4. The second-order valence-corrected chi connectivity index (χ2v) is 6.62. The van der Waals surface area contributed by atoms with E-state index in [0.29, 0.717) is 36.2 Å². The molecule has 0 saturated carbocycles. The Morgan fingerprint density at radius 1 is 1.33 bits per heavy atom. The first kappa shape index (κ1) is 14.4. The molecule has 0 spiro atoms.